The lowest BCUT2D eigenvalue weighted by atomic mass is 10.2. The van der Waals surface area contributed by atoms with Gasteiger partial charge >= 0.3 is 11.7 Å². The average molecular weight is 388 g/mol. The van der Waals surface area contributed by atoms with Crippen LogP contribution in [0.2, 0.25) is 18.1 Å². The zero-order valence-electron chi connectivity index (χ0n) is 15.8. The number of ether oxygens (including phenoxy) is 2. The molecule has 0 spiro atoms. The first-order valence-electron chi connectivity index (χ1n) is 8.29. The first-order valence-corrected chi connectivity index (χ1v) is 11.2. The summed E-state index contributed by atoms with van der Waals surface area (Å²) in [6.07, 6.45) is -1.71. The van der Waals surface area contributed by atoms with Crippen molar-refractivity contribution < 1.29 is 23.1 Å². The Morgan fingerprint density at radius 3 is 2.54 bits per heavy atom. The molecule has 1 aliphatic rings. The van der Waals surface area contributed by atoms with Gasteiger partial charge in [-0.05, 0) is 18.1 Å². The second kappa shape index (κ2) is 7.09. The van der Waals surface area contributed by atoms with Crippen LogP contribution in [0.4, 0.5) is 4.39 Å². The van der Waals surface area contributed by atoms with Gasteiger partial charge in [-0.1, -0.05) is 20.8 Å². The number of rotatable bonds is 4. The van der Waals surface area contributed by atoms with E-state index in [1.165, 1.54) is 7.11 Å². The third-order valence-electron chi connectivity index (χ3n) is 5.00. The molecule has 1 aromatic rings. The molecule has 1 aromatic heterocycles. The summed E-state index contributed by atoms with van der Waals surface area (Å²) in [5.41, 5.74) is -1.93. The van der Waals surface area contributed by atoms with Gasteiger partial charge in [0.25, 0.3) is 5.56 Å². The minimum Gasteiger partial charge on any atom is -0.467 e. The van der Waals surface area contributed by atoms with Crippen molar-refractivity contribution in [3.8, 4) is 0 Å². The highest BCUT2D eigenvalue weighted by atomic mass is 28.4. The second-order valence-electron chi connectivity index (χ2n) is 7.83. The Morgan fingerprint density at radius 1 is 1.38 bits per heavy atom. The van der Waals surface area contributed by atoms with Crippen LogP contribution < -0.4 is 11.2 Å². The van der Waals surface area contributed by atoms with Crippen LogP contribution in [0.5, 0.6) is 0 Å². The molecule has 0 unspecified atom stereocenters. The van der Waals surface area contributed by atoms with Crippen LogP contribution >= 0.6 is 0 Å². The molecule has 1 N–H and O–H groups in total. The zero-order chi connectivity index (χ0) is 19.9. The maximum Gasteiger partial charge on any atom is 0.337 e. The van der Waals surface area contributed by atoms with Crippen molar-refractivity contribution in [3.63, 3.8) is 0 Å². The number of H-pyrrole nitrogens is 1. The lowest BCUT2D eigenvalue weighted by Crippen LogP contribution is -2.47. The fourth-order valence-electron chi connectivity index (χ4n) is 2.48. The molecular weight excluding hydrogens is 363 g/mol. The Kier molecular flexibility index (Phi) is 5.59. The fourth-order valence-corrected chi connectivity index (χ4v) is 3.81. The second-order valence-corrected chi connectivity index (χ2v) is 12.6. The number of hydrogen-bond acceptors (Lipinski definition) is 6. The number of aromatic amines is 1. The van der Waals surface area contributed by atoms with Gasteiger partial charge in [-0.2, -0.15) is 4.39 Å². The van der Waals surface area contributed by atoms with Gasteiger partial charge in [-0.25, -0.2) is 9.59 Å². The van der Waals surface area contributed by atoms with E-state index in [1.54, 1.807) is 0 Å². The molecule has 26 heavy (non-hydrogen) atoms. The first-order chi connectivity index (χ1) is 11.9. The van der Waals surface area contributed by atoms with E-state index in [-0.39, 0.29) is 11.5 Å². The molecule has 0 aliphatic carbocycles. The van der Waals surface area contributed by atoms with Gasteiger partial charge in [-0.3, -0.25) is 14.3 Å². The molecular formula is C16H25FN2O6Si. The summed E-state index contributed by atoms with van der Waals surface area (Å²) in [5, 5.41) is -0.104. The first kappa shape index (κ1) is 20.5. The smallest absolute Gasteiger partial charge is 0.337 e. The molecule has 10 heteroatoms. The summed E-state index contributed by atoms with van der Waals surface area (Å²) < 4.78 is 31.2. The molecule has 2 rings (SSSR count). The number of aromatic nitrogens is 2. The molecule has 0 saturated carbocycles. The summed E-state index contributed by atoms with van der Waals surface area (Å²) in [6.45, 7) is 10.2. The van der Waals surface area contributed by atoms with Crippen LogP contribution in [0.25, 0.3) is 0 Å². The number of methoxy groups -OCH3 is 1. The molecule has 1 saturated heterocycles. The summed E-state index contributed by atoms with van der Waals surface area (Å²) >= 11 is 0. The minimum atomic E-state index is -2.24. The van der Waals surface area contributed by atoms with E-state index in [4.69, 9.17) is 13.9 Å². The van der Waals surface area contributed by atoms with E-state index in [9.17, 15) is 18.8 Å². The van der Waals surface area contributed by atoms with Crippen LogP contribution in [0, 0.1) is 5.82 Å². The van der Waals surface area contributed by atoms with Crippen LogP contribution in [-0.2, 0) is 18.7 Å². The predicted octanol–water partition coefficient (Wildman–Crippen LogP) is 1.53. The van der Waals surface area contributed by atoms with Gasteiger partial charge in [0.15, 0.2) is 14.4 Å². The molecule has 0 radical (unpaired) electrons. The Bertz CT molecular complexity index is 797. The maximum absolute atomic E-state index is 13.6. The van der Waals surface area contributed by atoms with Crippen molar-refractivity contribution in [1.82, 2.24) is 9.55 Å². The molecule has 2 heterocycles. The van der Waals surface area contributed by atoms with Gasteiger partial charge in [-0.15, -0.1) is 0 Å². The molecule has 1 aliphatic heterocycles. The fraction of sp³-hybridized carbons (Fsp3) is 0.688. The number of carbonyl (C=O) groups excluding carboxylic acids is 1. The van der Waals surface area contributed by atoms with Crippen molar-refractivity contribution in [1.29, 1.82) is 0 Å². The summed E-state index contributed by atoms with van der Waals surface area (Å²) in [6, 6.07) is 0. The summed E-state index contributed by atoms with van der Waals surface area (Å²) in [4.78, 5) is 37.2. The standard InChI is InChI=1S/C16H25FN2O6Si/c1-16(2,3)26(5,6)25-10-7-11(24-12(10)14(21)23-4)19-8-9(17)13(20)18-15(19)22/h8,10-12H,7H2,1-6H3,(H,18,20,22)/t10-,11+,12-/m0/s1. The quantitative estimate of drug-likeness (QED) is 0.620. The largest absolute Gasteiger partial charge is 0.467 e. The molecule has 0 bridgehead atoms. The van der Waals surface area contributed by atoms with Crippen molar-refractivity contribution in [3.05, 3.63) is 32.9 Å². The minimum absolute atomic E-state index is 0.104. The SMILES string of the molecule is COC(=O)[C@H]1O[C@@H](n2cc(F)c(=O)[nH]c2=O)C[C@@H]1O[Si](C)(C)C(C)(C)C. The number of carbonyl (C=O) groups is 1. The topological polar surface area (TPSA) is 99.6 Å². The van der Waals surface area contributed by atoms with E-state index in [0.29, 0.717) is 0 Å². The van der Waals surface area contributed by atoms with Crippen molar-refractivity contribution >= 4 is 14.3 Å². The van der Waals surface area contributed by atoms with Crippen LogP contribution in [0.15, 0.2) is 15.8 Å². The van der Waals surface area contributed by atoms with Gasteiger partial charge in [0.1, 0.15) is 6.23 Å². The zero-order valence-corrected chi connectivity index (χ0v) is 16.8. The van der Waals surface area contributed by atoms with Gasteiger partial charge in [0, 0.05) is 6.42 Å². The number of nitrogens with one attached hydrogen (secondary N) is 1. The third-order valence-corrected chi connectivity index (χ3v) is 9.50. The van der Waals surface area contributed by atoms with Crippen molar-refractivity contribution in [2.45, 2.75) is 63.8 Å². The van der Waals surface area contributed by atoms with E-state index >= 15 is 0 Å². The molecule has 1 fully saturated rings. The van der Waals surface area contributed by atoms with Crippen molar-refractivity contribution in [2.75, 3.05) is 7.11 Å². The maximum atomic E-state index is 13.6. The Morgan fingerprint density at radius 2 is 2.00 bits per heavy atom. The molecule has 0 amide bonds. The van der Waals surface area contributed by atoms with E-state index in [0.717, 1.165) is 10.8 Å². The Hall–Kier alpha value is -1.78. The number of hydrogen-bond donors (Lipinski definition) is 1. The highest BCUT2D eigenvalue weighted by molar-refractivity contribution is 6.74. The molecule has 146 valence electrons. The Labute approximate surface area is 151 Å². The highest BCUT2D eigenvalue weighted by Crippen LogP contribution is 2.41. The monoisotopic (exact) mass is 388 g/mol. The number of nitrogens with zero attached hydrogens (tertiary/aromatic N) is 1. The van der Waals surface area contributed by atoms with E-state index in [1.807, 2.05) is 18.1 Å². The number of halogens is 1. The van der Waals surface area contributed by atoms with E-state index < -0.39 is 49.8 Å². The average Bonchev–Trinajstić information content (AvgIpc) is 2.91. The molecule has 0 aromatic carbocycles. The number of esters is 1. The van der Waals surface area contributed by atoms with Crippen LogP contribution in [0.1, 0.15) is 33.4 Å². The van der Waals surface area contributed by atoms with Gasteiger partial charge < -0.3 is 13.9 Å². The van der Waals surface area contributed by atoms with Crippen LogP contribution in [-0.4, -0.2) is 43.2 Å². The highest BCUT2D eigenvalue weighted by Gasteiger charge is 2.48. The summed E-state index contributed by atoms with van der Waals surface area (Å²) in [7, 11) is -1.01. The third kappa shape index (κ3) is 3.97. The van der Waals surface area contributed by atoms with Crippen molar-refractivity contribution in [2.24, 2.45) is 0 Å². The molecule has 8 nitrogen and oxygen atoms in total. The van der Waals surface area contributed by atoms with Gasteiger partial charge in [0.05, 0.1) is 19.4 Å². The normalized spacial score (nSPS) is 23.9. The summed E-state index contributed by atoms with van der Waals surface area (Å²) in [5.74, 6) is -1.74. The Balaban J connectivity index is 2.35. The van der Waals surface area contributed by atoms with Crippen LogP contribution in [0.3, 0.4) is 0 Å². The molecule has 3 atom stereocenters. The van der Waals surface area contributed by atoms with Gasteiger partial charge in [0.2, 0.25) is 5.82 Å². The lowest BCUT2D eigenvalue weighted by Gasteiger charge is -2.38. The predicted molar refractivity (Wildman–Crippen MR) is 93.9 cm³/mol. The van der Waals surface area contributed by atoms with E-state index in [2.05, 4.69) is 20.8 Å². The lowest BCUT2D eigenvalue weighted by molar-refractivity contribution is -0.158.